The molecule has 0 fully saturated rings. The van der Waals surface area contributed by atoms with Crippen LogP contribution in [0.5, 0.6) is 0 Å². The van der Waals surface area contributed by atoms with E-state index in [4.69, 9.17) is 4.74 Å². The van der Waals surface area contributed by atoms with Gasteiger partial charge in [-0.1, -0.05) is 12.2 Å². The molecule has 1 N–H and O–H groups in total. The smallest absolute Gasteiger partial charge is 0.107 e. The lowest BCUT2D eigenvalue weighted by Crippen LogP contribution is -2.12. The molecule has 0 saturated heterocycles. The van der Waals surface area contributed by atoms with Crippen LogP contribution in [-0.2, 0) is 4.74 Å². The number of allylic oxidation sites excluding steroid dienone is 3. The van der Waals surface area contributed by atoms with E-state index in [0.717, 1.165) is 18.1 Å². The fourth-order valence-corrected chi connectivity index (χ4v) is 1.69. The van der Waals surface area contributed by atoms with E-state index in [9.17, 15) is 0 Å². The SMILES string of the molecule is CCN/C(C)=C(/C=C(/OC)C1C=C1)CS. The van der Waals surface area contributed by atoms with Gasteiger partial charge in [0.25, 0.3) is 0 Å². The van der Waals surface area contributed by atoms with Gasteiger partial charge in [0.1, 0.15) is 5.76 Å². The fourth-order valence-electron chi connectivity index (χ4n) is 1.36. The topological polar surface area (TPSA) is 21.3 Å². The molecule has 0 bridgehead atoms. The van der Waals surface area contributed by atoms with Gasteiger partial charge in [-0.2, -0.15) is 12.6 Å². The van der Waals surface area contributed by atoms with Crippen LogP contribution in [0.1, 0.15) is 13.8 Å². The van der Waals surface area contributed by atoms with Gasteiger partial charge in [0.05, 0.1) is 13.0 Å². The molecule has 15 heavy (non-hydrogen) atoms. The van der Waals surface area contributed by atoms with Crippen LogP contribution in [0.2, 0.25) is 0 Å². The summed E-state index contributed by atoms with van der Waals surface area (Å²) in [5.74, 6) is 2.12. The van der Waals surface area contributed by atoms with Crippen molar-refractivity contribution in [2.24, 2.45) is 5.92 Å². The summed E-state index contributed by atoms with van der Waals surface area (Å²) >= 11 is 4.33. The summed E-state index contributed by atoms with van der Waals surface area (Å²) in [6, 6.07) is 0. The largest absolute Gasteiger partial charge is 0.500 e. The maximum absolute atomic E-state index is 5.34. The number of methoxy groups -OCH3 is 1. The van der Waals surface area contributed by atoms with Gasteiger partial charge in [-0.05, 0) is 25.5 Å². The molecular weight excluding hydrogens is 206 g/mol. The van der Waals surface area contributed by atoms with E-state index < -0.39 is 0 Å². The number of thiol groups is 1. The molecule has 84 valence electrons. The van der Waals surface area contributed by atoms with Crippen molar-refractivity contribution in [2.75, 3.05) is 19.4 Å². The van der Waals surface area contributed by atoms with Crippen molar-refractivity contribution >= 4 is 12.6 Å². The molecule has 0 amide bonds. The second kappa shape index (κ2) is 5.91. The Kier molecular flexibility index (Phi) is 4.82. The molecule has 3 heteroatoms. The third-order valence-electron chi connectivity index (χ3n) is 2.36. The maximum atomic E-state index is 5.34. The van der Waals surface area contributed by atoms with E-state index in [0.29, 0.717) is 5.92 Å². The summed E-state index contributed by atoms with van der Waals surface area (Å²) in [5.41, 5.74) is 2.36. The van der Waals surface area contributed by atoms with E-state index >= 15 is 0 Å². The normalized spacial score (nSPS) is 17.5. The van der Waals surface area contributed by atoms with Crippen molar-refractivity contribution in [3.05, 3.63) is 35.3 Å². The first-order valence-electron chi connectivity index (χ1n) is 5.21. The monoisotopic (exact) mass is 225 g/mol. The lowest BCUT2D eigenvalue weighted by molar-refractivity contribution is 0.275. The van der Waals surface area contributed by atoms with Gasteiger partial charge in [-0.15, -0.1) is 0 Å². The van der Waals surface area contributed by atoms with Gasteiger partial charge >= 0.3 is 0 Å². The third kappa shape index (κ3) is 3.67. The van der Waals surface area contributed by atoms with Crippen LogP contribution in [0, 0.1) is 5.92 Å². The molecule has 0 aliphatic heterocycles. The molecule has 1 aliphatic carbocycles. The van der Waals surface area contributed by atoms with Gasteiger partial charge in [0.2, 0.25) is 0 Å². The zero-order valence-corrected chi connectivity index (χ0v) is 10.5. The molecule has 0 spiro atoms. The Hall–Kier alpha value is -0.830. The molecule has 0 aromatic carbocycles. The second-order valence-electron chi connectivity index (χ2n) is 3.50. The Labute approximate surface area is 97.5 Å². The Morgan fingerprint density at radius 2 is 2.20 bits per heavy atom. The first-order valence-corrected chi connectivity index (χ1v) is 5.84. The number of ether oxygens (including phenoxy) is 1. The van der Waals surface area contributed by atoms with Crippen LogP contribution in [0.3, 0.4) is 0 Å². The lowest BCUT2D eigenvalue weighted by atomic mass is 10.1. The molecule has 1 rings (SSSR count). The Balaban J connectivity index is 2.76. The maximum Gasteiger partial charge on any atom is 0.107 e. The van der Waals surface area contributed by atoms with Gasteiger partial charge in [-0.25, -0.2) is 0 Å². The Morgan fingerprint density at radius 1 is 1.53 bits per heavy atom. The molecule has 0 radical (unpaired) electrons. The Bertz CT molecular complexity index is 299. The minimum absolute atomic E-state index is 0.402. The summed E-state index contributed by atoms with van der Waals surface area (Å²) in [6.07, 6.45) is 6.32. The molecule has 0 heterocycles. The van der Waals surface area contributed by atoms with Crippen LogP contribution in [0.4, 0.5) is 0 Å². The van der Waals surface area contributed by atoms with Crippen LogP contribution in [-0.4, -0.2) is 19.4 Å². The summed E-state index contributed by atoms with van der Waals surface area (Å²) in [7, 11) is 1.71. The molecule has 1 aliphatic rings. The molecule has 0 aromatic rings. The second-order valence-corrected chi connectivity index (χ2v) is 3.82. The quantitative estimate of drug-likeness (QED) is 0.314. The van der Waals surface area contributed by atoms with Crippen molar-refractivity contribution in [3.63, 3.8) is 0 Å². The van der Waals surface area contributed by atoms with Crippen molar-refractivity contribution < 1.29 is 4.74 Å². The number of nitrogens with one attached hydrogen (secondary N) is 1. The van der Waals surface area contributed by atoms with Crippen molar-refractivity contribution in [1.29, 1.82) is 0 Å². The van der Waals surface area contributed by atoms with Gasteiger partial charge in [-0.3, -0.25) is 0 Å². The average Bonchev–Trinajstić information content (AvgIpc) is 3.04. The summed E-state index contributed by atoms with van der Waals surface area (Å²) in [5, 5.41) is 3.30. The molecule has 0 saturated carbocycles. The molecular formula is C12H19NOS. The van der Waals surface area contributed by atoms with E-state index in [-0.39, 0.29) is 0 Å². The summed E-state index contributed by atoms with van der Waals surface area (Å²) in [6.45, 7) is 5.09. The Morgan fingerprint density at radius 3 is 2.60 bits per heavy atom. The predicted molar refractivity (Wildman–Crippen MR) is 68.0 cm³/mol. The molecule has 0 atom stereocenters. The predicted octanol–water partition coefficient (Wildman–Crippen LogP) is 2.52. The van der Waals surface area contributed by atoms with Crippen LogP contribution < -0.4 is 5.32 Å². The number of hydrogen-bond donors (Lipinski definition) is 2. The fraction of sp³-hybridized carbons (Fsp3) is 0.500. The lowest BCUT2D eigenvalue weighted by Gasteiger charge is -2.10. The minimum atomic E-state index is 0.402. The minimum Gasteiger partial charge on any atom is -0.500 e. The first kappa shape index (κ1) is 12.2. The van der Waals surface area contributed by atoms with E-state index in [1.807, 2.05) is 0 Å². The molecule has 0 unspecified atom stereocenters. The van der Waals surface area contributed by atoms with Crippen molar-refractivity contribution in [2.45, 2.75) is 13.8 Å². The van der Waals surface area contributed by atoms with Crippen molar-refractivity contribution in [1.82, 2.24) is 5.32 Å². The van der Waals surface area contributed by atoms with Crippen LogP contribution in [0.25, 0.3) is 0 Å². The highest BCUT2D eigenvalue weighted by atomic mass is 32.1. The highest BCUT2D eigenvalue weighted by molar-refractivity contribution is 7.80. The van der Waals surface area contributed by atoms with E-state index in [1.165, 1.54) is 11.3 Å². The molecule has 0 aromatic heterocycles. The summed E-state index contributed by atoms with van der Waals surface area (Å²) < 4.78 is 5.34. The van der Waals surface area contributed by atoms with Gasteiger partial charge in [0, 0.05) is 18.0 Å². The summed E-state index contributed by atoms with van der Waals surface area (Å²) in [4.78, 5) is 0. The van der Waals surface area contributed by atoms with Crippen LogP contribution in [0.15, 0.2) is 35.3 Å². The average molecular weight is 225 g/mol. The number of hydrogen-bond acceptors (Lipinski definition) is 3. The van der Waals surface area contributed by atoms with Crippen molar-refractivity contribution in [3.8, 4) is 0 Å². The first-order chi connectivity index (χ1) is 7.22. The van der Waals surface area contributed by atoms with Gasteiger partial charge < -0.3 is 10.1 Å². The zero-order chi connectivity index (χ0) is 11.3. The van der Waals surface area contributed by atoms with E-state index in [1.54, 1.807) is 7.11 Å². The standard InChI is InChI=1S/C12H19NOS/c1-4-13-9(2)11(8-15)7-12(14-3)10-5-6-10/h5-7,10,13,15H,4,8H2,1-3H3/b11-9-,12-7+. The van der Waals surface area contributed by atoms with E-state index in [2.05, 4.69) is 50.0 Å². The highest BCUT2D eigenvalue weighted by Gasteiger charge is 2.17. The van der Waals surface area contributed by atoms with Crippen LogP contribution >= 0.6 is 12.6 Å². The molecule has 2 nitrogen and oxygen atoms in total. The number of rotatable bonds is 6. The zero-order valence-electron chi connectivity index (χ0n) is 9.58. The highest BCUT2D eigenvalue weighted by Crippen LogP contribution is 2.27. The van der Waals surface area contributed by atoms with Gasteiger partial charge in [0.15, 0.2) is 0 Å². The third-order valence-corrected chi connectivity index (χ3v) is 2.70.